The minimum Gasteiger partial charge on any atom is -0.322 e. The third kappa shape index (κ3) is 3.17. The van der Waals surface area contributed by atoms with Crippen molar-refractivity contribution in [3.8, 4) is 6.07 Å². The predicted molar refractivity (Wildman–Crippen MR) is 86.0 cm³/mol. The summed E-state index contributed by atoms with van der Waals surface area (Å²) < 4.78 is 2.03. The second kappa shape index (κ2) is 6.83. The Morgan fingerprint density at radius 1 is 1.45 bits per heavy atom. The van der Waals surface area contributed by atoms with Gasteiger partial charge in [-0.3, -0.25) is 4.90 Å². The molecule has 2 aromatic heterocycles. The number of nitriles is 1. The first kappa shape index (κ1) is 15.0. The van der Waals surface area contributed by atoms with Crippen LogP contribution in [0.15, 0.2) is 30.6 Å². The van der Waals surface area contributed by atoms with Crippen molar-refractivity contribution in [2.24, 2.45) is 0 Å². The van der Waals surface area contributed by atoms with Crippen molar-refractivity contribution in [1.29, 1.82) is 5.26 Å². The Bertz CT molecular complexity index is 612. The van der Waals surface area contributed by atoms with Crippen LogP contribution in [0.5, 0.6) is 0 Å². The summed E-state index contributed by atoms with van der Waals surface area (Å²) in [6.45, 7) is 5.24. The van der Waals surface area contributed by atoms with E-state index >= 15 is 0 Å². The van der Waals surface area contributed by atoms with Gasteiger partial charge >= 0.3 is 0 Å². The van der Waals surface area contributed by atoms with Crippen molar-refractivity contribution < 1.29 is 0 Å². The lowest BCUT2D eigenvalue weighted by atomic mass is 10.1. The zero-order valence-corrected chi connectivity index (χ0v) is 13.2. The number of thioether (sulfide) groups is 1. The summed E-state index contributed by atoms with van der Waals surface area (Å²) in [5.41, 5.74) is 2.90. The lowest BCUT2D eigenvalue weighted by molar-refractivity contribution is 0.269. The van der Waals surface area contributed by atoms with E-state index in [4.69, 9.17) is 0 Å². The second-order valence-corrected chi connectivity index (χ2v) is 6.38. The Labute approximate surface area is 125 Å². The number of pyridine rings is 1. The molecular formula is C16H21N3S. The molecule has 106 valence electrons. The van der Waals surface area contributed by atoms with E-state index in [2.05, 4.69) is 38.1 Å². The number of nitrogens with zero attached hydrogens (tertiary/aromatic N) is 3. The molecule has 0 aliphatic heterocycles. The highest BCUT2D eigenvalue weighted by atomic mass is 32.2. The topological polar surface area (TPSA) is 31.4 Å². The molecule has 2 aromatic rings. The summed E-state index contributed by atoms with van der Waals surface area (Å²) in [5, 5.41) is 9.41. The highest BCUT2D eigenvalue weighted by molar-refractivity contribution is 7.99. The third-order valence-electron chi connectivity index (χ3n) is 3.61. The van der Waals surface area contributed by atoms with Crippen LogP contribution in [0, 0.1) is 11.3 Å². The standard InChI is InChI=1S/C16H21N3S/c1-4-20-12-13(2)18(3)10-14-11-19-8-6-5-7-16(19)15(14)9-17/h5-8,11,13H,4,10,12H2,1-3H3. The molecule has 0 spiro atoms. The minimum atomic E-state index is 0.509. The zero-order chi connectivity index (χ0) is 14.5. The van der Waals surface area contributed by atoms with Crippen LogP contribution in [-0.4, -0.2) is 33.9 Å². The quantitative estimate of drug-likeness (QED) is 0.816. The van der Waals surface area contributed by atoms with Gasteiger partial charge in [-0.05, 0) is 31.9 Å². The van der Waals surface area contributed by atoms with Crippen molar-refractivity contribution in [2.75, 3.05) is 18.6 Å². The van der Waals surface area contributed by atoms with Crippen LogP contribution in [0.4, 0.5) is 0 Å². The molecule has 0 aromatic carbocycles. The van der Waals surface area contributed by atoms with Gasteiger partial charge in [-0.15, -0.1) is 0 Å². The van der Waals surface area contributed by atoms with E-state index < -0.39 is 0 Å². The molecule has 2 rings (SSSR count). The zero-order valence-electron chi connectivity index (χ0n) is 12.3. The van der Waals surface area contributed by atoms with Crippen LogP contribution in [0.1, 0.15) is 25.0 Å². The van der Waals surface area contributed by atoms with Gasteiger partial charge in [-0.1, -0.05) is 13.0 Å². The summed E-state index contributed by atoms with van der Waals surface area (Å²) in [6.07, 6.45) is 4.07. The molecular weight excluding hydrogens is 266 g/mol. The van der Waals surface area contributed by atoms with Crippen LogP contribution in [0.25, 0.3) is 5.52 Å². The van der Waals surface area contributed by atoms with Crippen molar-refractivity contribution in [3.05, 3.63) is 41.7 Å². The second-order valence-electron chi connectivity index (χ2n) is 5.06. The molecule has 0 N–H and O–H groups in total. The summed E-state index contributed by atoms with van der Waals surface area (Å²) in [6, 6.07) is 8.83. The van der Waals surface area contributed by atoms with Crippen molar-refractivity contribution in [3.63, 3.8) is 0 Å². The van der Waals surface area contributed by atoms with Gasteiger partial charge < -0.3 is 4.40 Å². The van der Waals surface area contributed by atoms with Gasteiger partial charge in [0.1, 0.15) is 6.07 Å². The Morgan fingerprint density at radius 3 is 2.95 bits per heavy atom. The molecule has 3 nitrogen and oxygen atoms in total. The van der Waals surface area contributed by atoms with E-state index in [0.717, 1.165) is 34.7 Å². The fourth-order valence-corrected chi connectivity index (χ4v) is 3.10. The minimum absolute atomic E-state index is 0.509. The molecule has 1 atom stereocenters. The summed E-state index contributed by atoms with van der Waals surface area (Å²) in [7, 11) is 2.13. The maximum absolute atomic E-state index is 9.41. The molecule has 0 aliphatic rings. The van der Waals surface area contributed by atoms with Gasteiger partial charge in [0.05, 0.1) is 11.1 Å². The van der Waals surface area contributed by atoms with Crippen LogP contribution in [0.2, 0.25) is 0 Å². The summed E-state index contributed by atoms with van der Waals surface area (Å²) in [5.74, 6) is 2.28. The first-order valence-corrected chi connectivity index (χ1v) is 8.09. The van der Waals surface area contributed by atoms with Crippen LogP contribution >= 0.6 is 11.8 Å². The van der Waals surface area contributed by atoms with Gasteiger partial charge in [-0.25, -0.2) is 0 Å². The van der Waals surface area contributed by atoms with Gasteiger partial charge in [0.25, 0.3) is 0 Å². The van der Waals surface area contributed by atoms with E-state index in [-0.39, 0.29) is 0 Å². The molecule has 0 saturated carbocycles. The number of hydrogen-bond donors (Lipinski definition) is 0. The Hall–Kier alpha value is -1.44. The molecule has 0 saturated heterocycles. The molecule has 0 fully saturated rings. The van der Waals surface area contributed by atoms with E-state index in [1.165, 1.54) is 0 Å². The third-order valence-corrected chi connectivity index (χ3v) is 4.74. The molecule has 1 unspecified atom stereocenters. The smallest absolute Gasteiger partial charge is 0.102 e. The molecule has 0 amide bonds. The van der Waals surface area contributed by atoms with E-state index in [1.807, 2.05) is 40.6 Å². The van der Waals surface area contributed by atoms with E-state index in [1.54, 1.807) is 0 Å². The largest absolute Gasteiger partial charge is 0.322 e. The lowest BCUT2D eigenvalue weighted by Gasteiger charge is -2.24. The maximum atomic E-state index is 9.41. The maximum Gasteiger partial charge on any atom is 0.102 e. The Balaban J connectivity index is 2.19. The van der Waals surface area contributed by atoms with Crippen molar-refractivity contribution in [2.45, 2.75) is 26.4 Å². The van der Waals surface area contributed by atoms with Gasteiger partial charge in [0, 0.05) is 36.3 Å². The molecule has 4 heteroatoms. The van der Waals surface area contributed by atoms with Crippen LogP contribution < -0.4 is 0 Å². The monoisotopic (exact) mass is 287 g/mol. The average molecular weight is 287 g/mol. The van der Waals surface area contributed by atoms with Crippen LogP contribution in [-0.2, 0) is 6.54 Å². The van der Waals surface area contributed by atoms with Gasteiger partial charge in [-0.2, -0.15) is 17.0 Å². The number of fused-ring (bicyclic) bond motifs is 1. The molecule has 20 heavy (non-hydrogen) atoms. The normalized spacial score (nSPS) is 12.8. The van der Waals surface area contributed by atoms with Gasteiger partial charge in [0.15, 0.2) is 0 Å². The number of aromatic nitrogens is 1. The summed E-state index contributed by atoms with van der Waals surface area (Å²) in [4.78, 5) is 2.32. The van der Waals surface area contributed by atoms with Crippen molar-refractivity contribution >= 4 is 17.3 Å². The Morgan fingerprint density at radius 2 is 2.25 bits per heavy atom. The molecule has 2 heterocycles. The highest BCUT2D eigenvalue weighted by Gasteiger charge is 2.15. The lowest BCUT2D eigenvalue weighted by Crippen LogP contribution is -2.30. The van der Waals surface area contributed by atoms with Crippen LogP contribution in [0.3, 0.4) is 0 Å². The Kier molecular flexibility index (Phi) is 5.11. The predicted octanol–water partition coefficient (Wildman–Crippen LogP) is 3.38. The molecule has 0 bridgehead atoms. The fraction of sp³-hybridized carbons (Fsp3) is 0.438. The SMILES string of the molecule is CCSCC(C)N(C)Cc1cn2ccccc2c1C#N. The summed E-state index contributed by atoms with van der Waals surface area (Å²) >= 11 is 1.96. The van der Waals surface area contributed by atoms with Gasteiger partial charge in [0.2, 0.25) is 0 Å². The van der Waals surface area contributed by atoms with Crippen molar-refractivity contribution in [1.82, 2.24) is 9.30 Å². The first-order chi connectivity index (χ1) is 9.67. The van der Waals surface area contributed by atoms with E-state index in [0.29, 0.717) is 6.04 Å². The number of rotatable bonds is 6. The fourth-order valence-electron chi connectivity index (χ4n) is 2.27. The average Bonchev–Trinajstić information content (AvgIpc) is 2.81. The highest BCUT2D eigenvalue weighted by Crippen LogP contribution is 2.20. The van der Waals surface area contributed by atoms with E-state index in [9.17, 15) is 5.26 Å². The molecule has 0 radical (unpaired) electrons. The first-order valence-electron chi connectivity index (χ1n) is 6.94. The molecule has 0 aliphatic carbocycles. The number of hydrogen-bond acceptors (Lipinski definition) is 3.